The summed E-state index contributed by atoms with van der Waals surface area (Å²) in [7, 11) is 0. The third-order valence-electron chi connectivity index (χ3n) is 3.36. The molecule has 18 heavy (non-hydrogen) atoms. The van der Waals surface area contributed by atoms with Crippen LogP contribution in [-0.4, -0.2) is 12.4 Å². The molecule has 0 heterocycles. The van der Waals surface area contributed by atoms with Crippen LogP contribution in [0.15, 0.2) is 24.3 Å². The van der Waals surface area contributed by atoms with Crippen molar-refractivity contribution in [2.75, 3.05) is 0 Å². The third-order valence-corrected chi connectivity index (χ3v) is 3.36. The maximum atomic E-state index is 12.3. The molecule has 1 aromatic rings. The van der Waals surface area contributed by atoms with E-state index in [1.54, 1.807) is 18.2 Å². The smallest absolute Gasteiger partial charge is 0.405 e. The van der Waals surface area contributed by atoms with Crippen LogP contribution in [0.2, 0.25) is 0 Å². The molecule has 0 amide bonds. The van der Waals surface area contributed by atoms with Crippen molar-refractivity contribution < 1.29 is 17.9 Å². The minimum Gasteiger partial charge on any atom is -0.405 e. The number of alkyl halides is 3. The normalized spacial score (nSPS) is 24.9. The number of hydrogen-bond donors (Lipinski definition) is 1. The minimum atomic E-state index is -4.66. The summed E-state index contributed by atoms with van der Waals surface area (Å²) in [5.74, 6) is -0.162. The van der Waals surface area contributed by atoms with Crippen LogP contribution in [0.25, 0.3) is 0 Å². The lowest BCUT2D eigenvalue weighted by molar-refractivity contribution is -0.275. The Balaban J connectivity index is 2.26. The fourth-order valence-corrected chi connectivity index (χ4v) is 2.55. The molecule has 1 saturated carbocycles. The predicted octanol–water partition coefficient (Wildman–Crippen LogP) is 3.57. The number of nitrogens with two attached hydrogens (primary N) is 1. The van der Waals surface area contributed by atoms with Gasteiger partial charge < -0.3 is 10.5 Å². The first-order chi connectivity index (χ1) is 8.47. The second-order valence-corrected chi connectivity index (χ2v) is 4.64. The van der Waals surface area contributed by atoms with Crippen LogP contribution in [0.5, 0.6) is 5.75 Å². The Hall–Kier alpha value is -1.23. The molecule has 5 heteroatoms. The highest BCUT2D eigenvalue weighted by Crippen LogP contribution is 2.38. The van der Waals surface area contributed by atoms with Gasteiger partial charge in [0.15, 0.2) is 0 Å². The molecule has 1 aromatic carbocycles. The van der Waals surface area contributed by atoms with Crippen LogP contribution in [0.4, 0.5) is 13.2 Å². The summed E-state index contributed by atoms with van der Waals surface area (Å²) in [6, 6.07) is 6.21. The molecule has 100 valence electrons. The second-order valence-electron chi connectivity index (χ2n) is 4.64. The Kier molecular flexibility index (Phi) is 3.80. The van der Waals surface area contributed by atoms with Gasteiger partial charge in [-0.1, -0.05) is 31.0 Å². The molecule has 2 rings (SSSR count). The van der Waals surface area contributed by atoms with E-state index in [1.807, 2.05) is 0 Å². The molecule has 0 bridgehead atoms. The van der Waals surface area contributed by atoms with E-state index in [9.17, 15) is 13.2 Å². The molecule has 2 unspecified atom stereocenters. The highest BCUT2D eigenvalue weighted by molar-refractivity contribution is 5.37. The first-order valence-electron chi connectivity index (χ1n) is 6.07. The van der Waals surface area contributed by atoms with E-state index in [4.69, 9.17) is 5.73 Å². The van der Waals surface area contributed by atoms with E-state index in [-0.39, 0.29) is 17.7 Å². The molecule has 0 saturated heterocycles. The summed E-state index contributed by atoms with van der Waals surface area (Å²) < 4.78 is 41.1. The van der Waals surface area contributed by atoms with Crippen LogP contribution >= 0.6 is 0 Å². The zero-order valence-corrected chi connectivity index (χ0v) is 9.91. The van der Waals surface area contributed by atoms with Crippen molar-refractivity contribution in [3.8, 4) is 5.75 Å². The highest BCUT2D eigenvalue weighted by Gasteiger charge is 2.34. The maximum Gasteiger partial charge on any atom is 0.573 e. The van der Waals surface area contributed by atoms with E-state index in [1.165, 1.54) is 6.07 Å². The lowest BCUT2D eigenvalue weighted by Crippen LogP contribution is -2.32. The van der Waals surface area contributed by atoms with Gasteiger partial charge >= 0.3 is 6.36 Å². The van der Waals surface area contributed by atoms with Crippen molar-refractivity contribution in [2.24, 2.45) is 5.73 Å². The molecule has 0 radical (unpaired) electrons. The van der Waals surface area contributed by atoms with Gasteiger partial charge in [0.25, 0.3) is 0 Å². The first kappa shape index (κ1) is 13.2. The summed E-state index contributed by atoms with van der Waals surface area (Å²) in [6.07, 6.45) is -0.946. The molecular weight excluding hydrogens is 243 g/mol. The second kappa shape index (κ2) is 5.18. The molecule has 1 fully saturated rings. The van der Waals surface area contributed by atoms with Crippen LogP contribution in [-0.2, 0) is 0 Å². The number of halogens is 3. The highest BCUT2D eigenvalue weighted by atomic mass is 19.4. The predicted molar refractivity (Wildman–Crippen MR) is 62.3 cm³/mol. The van der Waals surface area contributed by atoms with Crippen molar-refractivity contribution in [1.82, 2.24) is 0 Å². The number of benzene rings is 1. The summed E-state index contributed by atoms with van der Waals surface area (Å²) in [6.45, 7) is 0. The van der Waals surface area contributed by atoms with Crippen LogP contribution in [0, 0.1) is 0 Å². The Morgan fingerprint density at radius 3 is 2.44 bits per heavy atom. The minimum absolute atomic E-state index is 0.0442. The van der Waals surface area contributed by atoms with E-state index in [0.717, 1.165) is 25.7 Å². The van der Waals surface area contributed by atoms with Crippen LogP contribution < -0.4 is 10.5 Å². The van der Waals surface area contributed by atoms with Crippen LogP contribution in [0.1, 0.15) is 37.2 Å². The SMILES string of the molecule is NC1CCCCC1c1ccccc1OC(F)(F)F. The Morgan fingerprint density at radius 2 is 1.78 bits per heavy atom. The molecule has 0 spiro atoms. The molecule has 2 nitrogen and oxygen atoms in total. The zero-order valence-electron chi connectivity index (χ0n) is 9.91. The topological polar surface area (TPSA) is 35.2 Å². The first-order valence-corrected chi connectivity index (χ1v) is 6.07. The number of rotatable bonds is 2. The molecule has 2 atom stereocenters. The standard InChI is InChI=1S/C13H16F3NO/c14-13(15,16)18-12-8-4-2-6-10(12)9-5-1-3-7-11(9)17/h2,4,6,8-9,11H,1,3,5,7,17H2. The van der Waals surface area contributed by atoms with Crippen molar-refractivity contribution in [3.05, 3.63) is 29.8 Å². The van der Waals surface area contributed by atoms with Gasteiger partial charge in [0, 0.05) is 12.0 Å². The van der Waals surface area contributed by atoms with Crippen molar-refractivity contribution >= 4 is 0 Å². The third kappa shape index (κ3) is 3.16. The molecule has 2 N–H and O–H groups in total. The van der Waals surface area contributed by atoms with Crippen molar-refractivity contribution in [1.29, 1.82) is 0 Å². The van der Waals surface area contributed by atoms with E-state index in [2.05, 4.69) is 4.74 Å². The molecule has 0 aliphatic heterocycles. The molecule has 1 aliphatic carbocycles. The zero-order chi connectivity index (χ0) is 13.2. The molecule has 1 aliphatic rings. The average molecular weight is 259 g/mol. The lowest BCUT2D eigenvalue weighted by Gasteiger charge is -2.30. The van der Waals surface area contributed by atoms with Gasteiger partial charge in [0.1, 0.15) is 5.75 Å². The van der Waals surface area contributed by atoms with Gasteiger partial charge in [-0.3, -0.25) is 0 Å². The molecule has 0 aromatic heterocycles. The summed E-state index contributed by atoms with van der Waals surface area (Å²) in [4.78, 5) is 0. The number of para-hydroxylation sites is 1. The fourth-order valence-electron chi connectivity index (χ4n) is 2.55. The summed E-state index contributed by atoms with van der Waals surface area (Å²) >= 11 is 0. The van der Waals surface area contributed by atoms with E-state index in [0.29, 0.717) is 5.56 Å². The van der Waals surface area contributed by atoms with Crippen molar-refractivity contribution in [3.63, 3.8) is 0 Å². The quantitative estimate of drug-likeness (QED) is 0.881. The Labute approximate surface area is 104 Å². The van der Waals surface area contributed by atoms with Gasteiger partial charge in [-0.25, -0.2) is 0 Å². The van der Waals surface area contributed by atoms with E-state index < -0.39 is 6.36 Å². The van der Waals surface area contributed by atoms with Crippen LogP contribution in [0.3, 0.4) is 0 Å². The van der Waals surface area contributed by atoms with Gasteiger partial charge in [0.2, 0.25) is 0 Å². The van der Waals surface area contributed by atoms with Gasteiger partial charge in [-0.05, 0) is 24.5 Å². The summed E-state index contributed by atoms with van der Waals surface area (Å²) in [5.41, 5.74) is 6.58. The average Bonchev–Trinajstić information content (AvgIpc) is 2.29. The van der Waals surface area contributed by atoms with Gasteiger partial charge in [-0.2, -0.15) is 0 Å². The van der Waals surface area contributed by atoms with Gasteiger partial charge in [-0.15, -0.1) is 13.2 Å². The largest absolute Gasteiger partial charge is 0.573 e. The number of hydrogen-bond acceptors (Lipinski definition) is 2. The van der Waals surface area contributed by atoms with Crippen molar-refractivity contribution in [2.45, 2.75) is 44.0 Å². The summed E-state index contributed by atoms with van der Waals surface area (Å²) in [5, 5.41) is 0. The Bertz CT molecular complexity index is 405. The molecular formula is C13H16F3NO. The van der Waals surface area contributed by atoms with E-state index >= 15 is 0 Å². The monoisotopic (exact) mass is 259 g/mol. The Morgan fingerprint density at radius 1 is 1.11 bits per heavy atom. The fraction of sp³-hybridized carbons (Fsp3) is 0.538. The number of ether oxygens (including phenoxy) is 1. The van der Waals surface area contributed by atoms with Gasteiger partial charge in [0.05, 0.1) is 0 Å². The lowest BCUT2D eigenvalue weighted by atomic mass is 9.80. The maximum absolute atomic E-state index is 12.3.